The summed E-state index contributed by atoms with van der Waals surface area (Å²) in [6, 6.07) is 11.7. The van der Waals surface area contributed by atoms with Gasteiger partial charge in [-0.3, -0.25) is 23.9 Å². The van der Waals surface area contributed by atoms with Gasteiger partial charge in [-0.1, -0.05) is 63.1 Å². The van der Waals surface area contributed by atoms with Crippen molar-refractivity contribution in [3.63, 3.8) is 0 Å². The second kappa shape index (κ2) is 13.4. The number of hydrogen-bond donors (Lipinski definition) is 1. The highest BCUT2D eigenvalue weighted by Gasteiger charge is 2.38. The van der Waals surface area contributed by atoms with E-state index in [0.717, 1.165) is 42.1 Å². The van der Waals surface area contributed by atoms with E-state index < -0.39 is 21.9 Å². The van der Waals surface area contributed by atoms with Crippen molar-refractivity contribution >= 4 is 55.7 Å². The molecule has 2 aliphatic rings. The van der Waals surface area contributed by atoms with Crippen molar-refractivity contribution < 1.29 is 27.3 Å². The highest BCUT2D eigenvalue weighted by Crippen LogP contribution is 2.41. The topological polar surface area (TPSA) is 107 Å². The zero-order valence-corrected chi connectivity index (χ0v) is 24.9. The number of ether oxygens (including phenoxy) is 1. The molecule has 0 aromatic heterocycles. The van der Waals surface area contributed by atoms with Crippen molar-refractivity contribution in [2.75, 3.05) is 30.3 Å². The molecular weight excluding hydrogens is 562 g/mol. The second-order valence-electron chi connectivity index (χ2n) is 9.93. The Kier molecular flexibility index (Phi) is 9.95. The van der Waals surface area contributed by atoms with Gasteiger partial charge in [-0.05, 0) is 66.5 Å². The van der Waals surface area contributed by atoms with Crippen molar-refractivity contribution in [3.8, 4) is 5.75 Å². The molecular formula is C30H35N3O6S2. The van der Waals surface area contributed by atoms with E-state index in [-0.39, 0.29) is 22.9 Å². The zero-order valence-electron chi connectivity index (χ0n) is 23.3. The Morgan fingerprint density at radius 1 is 0.854 bits per heavy atom. The summed E-state index contributed by atoms with van der Waals surface area (Å²) in [6.07, 6.45) is 9.99. The van der Waals surface area contributed by atoms with Gasteiger partial charge in [-0.2, -0.15) is 8.42 Å². The number of benzene rings is 2. The molecule has 1 saturated heterocycles. The van der Waals surface area contributed by atoms with Gasteiger partial charge in [-0.25, -0.2) is 0 Å². The van der Waals surface area contributed by atoms with E-state index in [4.69, 9.17) is 17.0 Å². The number of anilines is 1. The first kappa shape index (κ1) is 30.4. The lowest BCUT2D eigenvalue weighted by Crippen LogP contribution is -2.56. The Bertz CT molecular complexity index is 1500. The molecule has 2 aromatic rings. The molecule has 0 spiro atoms. The third kappa shape index (κ3) is 7.22. The molecule has 2 heterocycles. The first-order valence-corrected chi connectivity index (χ1v) is 15.9. The smallest absolute Gasteiger partial charge is 0.265 e. The van der Waals surface area contributed by atoms with E-state index in [1.807, 2.05) is 55.1 Å². The van der Waals surface area contributed by atoms with Crippen LogP contribution in [0.4, 0.5) is 5.69 Å². The molecule has 0 atom stereocenters. The van der Waals surface area contributed by atoms with Crippen LogP contribution in [0.5, 0.6) is 5.75 Å². The lowest BCUT2D eigenvalue weighted by molar-refractivity contribution is -0.133. The minimum absolute atomic E-state index is 0.0485. The third-order valence-electron chi connectivity index (χ3n) is 6.88. The van der Waals surface area contributed by atoms with Gasteiger partial charge < -0.3 is 9.64 Å². The number of amides is 2. The quantitative estimate of drug-likeness (QED) is 0.154. The Labute approximate surface area is 246 Å². The van der Waals surface area contributed by atoms with Crippen LogP contribution in [0.2, 0.25) is 0 Å². The highest BCUT2D eigenvalue weighted by atomic mass is 32.2. The van der Waals surface area contributed by atoms with Crippen LogP contribution in [0.3, 0.4) is 0 Å². The molecule has 4 rings (SSSR count). The molecule has 0 saturated carbocycles. The lowest BCUT2D eigenvalue weighted by atomic mass is 10.1. The fourth-order valence-corrected chi connectivity index (χ4v) is 5.55. The van der Waals surface area contributed by atoms with Gasteiger partial charge in [0.15, 0.2) is 10.9 Å². The molecule has 1 N–H and O–H groups in total. The van der Waals surface area contributed by atoms with Gasteiger partial charge in [0.2, 0.25) is 5.88 Å². The van der Waals surface area contributed by atoms with Gasteiger partial charge in [0.05, 0.1) is 11.4 Å². The molecule has 11 heteroatoms. The van der Waals surface area contributed by atoms with Crippen LogP contribution >= 0.6 is 12.2 Å². The maximum atomic E-state index is 13.2. The predicted octanol–water partition coefficient (Wildman–Crippen LogP) is 5.20. The number of carbonyl (C=O) groups is 2. The molecule has 2 aliphatic heterocycles. The van der Waals surface area contributed by atoms with Crippen molar-refractivity contribution in [1.82, 2.24) is 9.80 Å². The summed E-state index contributed by atoms with van der Waals surface area (Å²) in [5.74, 6) is -0.102. The summed E-state index contributed by atoms with van der Waals surface area (Å²) < 4.78 is 37.9. The Hall–Kier alpha value is -3.54. The maximum absolute atomic E-state index is 13.2. The van der Waals surface area contributed by atoms with Gasteiger partial charge in [-0.15, -0.1) is 0 Å². The number of unbranched alkanes of at least 4 members (excludes halogenated alkanes) is 2. The van der Waals surface area contributed by atoms with Crippen LogP contribution in [0.15, 0.2) is 72.2 Å². The number of fused-ring (bicyclic) bond motifs is 2. The summed E-state index contributed by atoms with van der Waals surface area (Å²) >= 11 is 5.51. The first-order valence-electron chi connectivity index (χ1n) is 13.8. The second-order valence-corrected chi connectivity index (χ2v) is 11.9. The Morgan fingerprint density at radius 3 is 2.00 bits per heavy atom. The molecule has 0 bridgehead atoms. The summed E-state index contributed by atoms with van der Waals surface area (Å²) in [5.41, 5.74) is 0.827. The van der Waals surface area contributed by atoms with E-state index in [9.17, 15) is 22.6 Å². The van der Waals surface area contributed by atoms with Crippen molar-refractivity contribution in [1.29, 1.82) is 0 Å². The highest BCUT2D eigenvalue weighted by molar-refractivity contribution is 7.85. The minimum Gasteiger partial charge on any atom is -0.439 e. The van der Waals surface area contributed by atoms with E-state index in [1.54, 1.807) is 18.2 Å². The zero-order chi connectivity index (χ0) is 29.6. The number of allylic oxidation sites excluding steroid dienone is 4. The van der Waals surface area contributed by atoms with Gasteiger partial charge in [0.1, 0.15) is 5.57 Å². The summed E-state index contributed by atoms with van der Waals surface area (Å²) in [5, 5.41) is 2.26. The normalized spacial score (nSPS) is 16.9. The number of carbonyl (C=O) groups excluding carboxylic acids is 2. The van der Waals surface area contributed by atoms with E-state index in [0.29, 0.717) is 31.3 Å². The van der Waals surface area contributed by atoms with Crippen LogP contribution in [-0.2, 0) is 19.7 Å². The van der Waals surface area contributed by atoms with Crippen LogP contribution in [0.1, 0.15) is 46.0 Å². The molecule has 0 radical (unpaired) electrons. The molecule has 41 heavy (non-hydrogen) atoms. The Morgan fingerprint density at radius 2 is 1.41 bits per heavy atom. The molecule has 2 aromatic carbocycles. The van der Waals surface area contributed by atoms with Crippen LogP contribution in [-0.4, -0.2) is 65.1 Å². The number of hydrogen-bond acceptors (Lipinski definition) is 7. The maximum Gasteiger partial charge on any atom is 0.265 e. The van der Waals surface area contributed by atoms with Gasteiger partial charge >= 0.3 is 0 Å². The predicted molar refractivity (Wildman–Crippen MR) is 164 cm³/mol. The summed E-state index contributed by atoms with van der Waals surface area (Å²) in [7, 11) is -4.10. The first-order chi connectivity index (χ1) is 19.6. The molecule has 1 fully saturated rings. The van der Waals surface area contributed by atoms with E-state index in [2.05, 4.69) is 0 Å². The van der Waals surface area contributed by atoms with Crippen molar-refractivity contribution in [3.05, 3.63) is 72.2 Å². The molecule has 0 aliphatic carbocycles. The fraction of sp³-hybridized carbons (Fsp3) is 0.367. The van der Waals surface area contributed by atoms with E-state index in [1.165, 1.54) is 15.9 Å². The Balaban J connectivity index is 1.60. The van der Waals surface area contributed by atoms with Gasteiger partial charge in [0.25, 0.3) is 21.9 Å². The molecule has 9 nitrogen and oxygen atoms in total. The van der Waals surface area contributed by atoms with Crippen LogP contribution in [0.25, 0.3) is 10.8 Å². The van der Waals surface area contributed by atoms with Gasteiger partial charge in [0, 0.05) is 19.6 Å². The van der Waals surface area contributed by atoms with Crippen molar-refractivity contribution in [2.45, 2.75) is 46.0 Å². The van der Waals surface area contributed by atoms with Crippen LogP contribution in [0, 0.1) is 0 Å². The summed E-state index contributed by atoms with van der Waals surface area (Å²) in [4.78, 5) is 31.3. The fourth-order valence-electron chi connectivity index (χ4n) is 4.71. The SMILES string of the molecule is CCCCN1C(=O)C(=C/C=C/C=C2/Oc3cc4ccccc4cc3N2CCCS(=O)(=O)O)C(=O)N(CCCC)C1=S. The largest absolute Gasteiger partial charge is 0.439 e. The lowest BCUT2D eigenvalue weighted by Gasteiger charge is -2.36. The molecule has 0 unspecified atom stereocenters. The number of nitrogens with zero attached hydrogens (tertiary/aromatic N) is 3. The average molecular weight is 598 g/mol. The minimum atomic E-state index is -4.10. The standard InChI is InChI=1S/C30H35N3O6S2/c1-3-5-16-32-28(34)24(29(35)33(30(32)40)17-6-4-2)14-9-10-15-27-31(18-11-19-41(36,37)38)25-20-22-12-7-8-13-23(22)21-26(25)39-27/h7-10,12-15,20-21H,3-6,11,16-19H2,1-2H3,(H,36,37,38)/b10-9+,27-15+. The average Bonchev–Trinajstić information content (AvgIpc) is 3.26. The van der Waals surface area contributed by atoms with Crippen LogP contribution < -0.4 is 9.64 Å². The monoisotopic (exact) mass is 597 g/mol. The summed E-state index contributed by atoms with van der Waals surface area (Å²) in [6.45, 7) is 5.26. The number of rotatable bonds is 12. The molecule has 218 valence electrons. The molecule has 2 amide bonds. The third-order valence-corrected chi connectivity index (χ3v) is 8.12. The van der Waals surface area contributed by atoms with E-state index >= 15 is 0 Å². The number of thiocarbonyl (C=S) groups is 1. The van der Waals surface area contributed by atoms with Crippen molar-refractivity contribution in [2.24, 2.45) is 0 Å².